The third-order valence-electron chi connectivity index (χ3n) is 4.77. The number of carbonyl (C=O) groups excluding carboxylic acids is 1. The number of fused-ring (bicyclic) bond motifs is 1. The zero-order chi connectivity index (χ0) is 23.8. The van der Waals surface area contributed by atoms with E-state index in [2.05, 4.69) is 5.32 Å². The number of aryl methyl sites for hydroxylation is 1. The number of carbonyl (C=O) groups is 1. The van der Waals surface area contributed by atoms with Crippen LogP contribution in [0.5, 0.6) is 0 Å². The first kappa shape index (κ1) is 23.8. The van der Waals surface area contributed by atoms with E-state index in [1.165, 1.54) is 13.0 Å². The van der Waals surface area contributed by atoms with E-state index >= 15 is 0 Å². The van der Waals surface area contributed by atoms with Crippen molar-refractivity contribution < 1.29 is 26.4 Å². The second-order valence-electron chi connectivity index (χ2n) is 7.07. The van der Waals surface area contributed by atoms with Crippen molar-refractivity contribution >= 4 is 48.9 Å². The number of hydrogen-bond donors (Lipinski definition) is 1. The van der Waals surface area contributed by atoms with Crippen LogP contribution in [0.2, 0.25) is 0 Å². The number of nitrogens with one attached hydrogen (secondary N) is 1. The van der Waals surface area contributed by atoms with Crippen molar-refractivity contribution in [2.24, 2.45) is 0 Å². The van der Waals surface area contributed by atoms with Crippen LogP contribution in [0.3, 0.4) is 0 Å². The Balaban J connectivity index is 1.92. The summed E-state index contributed by atoms with van der Waals surface area (Å²) >= 11 is 1.01. The van der Waals surface area contributed by atoms with Gasteiger partial charge in [0.1, 0.15) is 6.04 Å². The van der Waals surface area contributed by atoms with E-state index in [4.69, 9.17) is 0 Å². The topological polar surface area (TPSA) is 88.5 Å². The van der Waals surface area contributed by atoms with Gasteiger partial charge in [0.25, 0.3) is 0 Å². The summed E-state index contributed by atoms with van der Waals surface area (Å²) in [4.78, 5) is 24.7. The lowest BCUT2D eigenvalue weighted by atomic mass is 10.1. The third-order valence-corrected chi connectivity index (χ3v) is 6.95. The predicted octanol–water partition coefficient (Wildman–Crippen LogP) is 3.89. The van der Waals surface area contributed by atoms with E-state index in [9.17, 15) is 31.2 Å². The van der Waals surface area contributed by atoms with Gasteiger partial charge < -0.3 is 5.32 Å². The lowest BCUT2D eigenvalue weighted by Crippen LogP contribution is -2.45. The number of amides is 1. The molecule has 0 fully saturated rings. The standard InChI is InChI=1S/C20H20F3N3O4S2/c1-4-25-16-9-8-14(11-17(16)31-19(25)28)24-18(27)12(2)26(32(3,29)30)15-7-5-6-13(10-15)20(21,22)23/h5-12H,4H2,1-3H3,(H,24,27)/t12-/m1/s1. The van der Waals surface area contributed by atoms with E-state index in [0.717, 1.165) is 29.7 Å². The maximum atomic E-state index is 13.1. The van der Waals surface area contributed by atoms with Crippen molar-refractivity contribution in [2.45, 2.75) is 32.6 Å². The van der Waals surface area contributed by atoms with E-state index in [1.807, 2.05) is 6.92 Å². The number of halogens is 3. The van der Waals surface area contributed by atoms with Crippen LogP contribution in [0.4, 0.5) is 24.5 Å². The molecule has 0 saturated carbocycles. The van der Waals surface area contributed by atoms with Gasteiger partial charge in [0.05, 0.1) is 27.7 Å². The van der Waals surface area contributed by atoms with E-state index in [-0.39, 0.29) is 10.6 Å². The zero-order valence-corrected chi connectivity index (χ0v) is 18.9. The fourth-order valence-corrected chi connectivity index (χ4v) is 5.48. The molecule has 12 heteroatoms. The second-order valence-corrected chi connectivity index (χ2v) is 9.92. The van der Waals surface area contributed by atoms with Crippen LogP contribution < -0.4 is 14.5 Å². The van der Waals surface area contributed by atoms with Crippen molar-refractivity contribution in [3.8, 4) is 0 Å². The van der Waals surface area contributed by atoms with Crippen molar-refractivity contribution in [3.63, 3.8) is 0 Å². The van der Waals surface area contributed by atoms with Gasteiger partial charge in [-0.3, -0.25) is 18.5 Å². The van der Waals surface area contributed by atoms with Crippen LogP contribution in [-0.2, 0) is 27.5 Å². The molecule has 2 aromatic carbocycles. The number of aromatic nitrogens is 1. The molecule has 0 aliphatic heterocycles. The Bertz CT molecular complexity index is 1330. The van der Waals surface area contributed by atoms with E-state index in [0.29, 0.717) is 32.8 Å². The minimum atomic E-state index is -4.67. The Hall–Kier alpha value is -2.86. The lowest BCUT2D eigenvalue weighted by Gasteiger charge is -2.28. The average Bonchev–Trinajstić information content (AvgIpc) is 3.00. The Morgan fingerprint density at radius 3 is 2.50 bits per heavy atom. The van der Waals surface area contributed by atoms with Crippen molar-refractivity contribution in [1.82, 2.24) is 4.57 Å². The van der Waals surface area contributed by atoms with Crippen molar-refractivity contribution in [3.05, 3.63) is 57.7 Å². The first-order valence-electron chi connectivity index (χ1n) is 9.44. The fourth-order valence-electron chi connectivity index (χ4n) is 3.32. The molecule has 3 rings (SSSR count). The smallest absolute Gasteiger partial charge is 0.324 e. The summed E-state index contributed by atoms with van der Waals surface area (Å²) in [6, 6.07) is 7.25. The van der Waals surface area contributed by atoms with Gasteiger partial charge in [-0.15, -0.1) is 0 Å². The summed E-state index contributed by atoms with van der Waals surface area (Å²) in [5.74, 6) is -0.741. The normalized spacial score (nSPS) is 13.2. The first-order chi connectivity index (χ1) is 14.8. The number of nitrogens with zero attached hydrogens (tertiary/aromatic N) is 2. The highest BCUT2D eigenvalue weighted by Crippen LogP contribution is 2.33. The molecule has 7 nitrogen and oxygen atoms in total. The van der Waals surface area contributed by atoms with Crippen LogP contribution in [0.1, 0.15) is 19.4 Å². The monoisotopic (exact) mass is 487 g/mol. The molecule has 0 unspecified atom stereocenters. The molecule has 3 aromatic rings. The number of thiazole rings is 1. The molecule has 172 valence electrons. The molecule has 0 bridgehead atoms. The van der Waals surface area contributed by atoms with Gasteiger partial charge in [-0.05, 0) is 50.2 Å². The van der Waals surface area contributed by atoms with Crippen LogP contribution in [0.15, 0.2) is 47.3 Å². The van der Waals surface area contributed by atoms with Crippen LogP contribution in [0.25, 0.3) is 10.2 Å². The van der Waals surface area contributed by atoms with Gasteiger partial charge in [0, 0.05) is 12.2 Å². The molecular weight excluding hydrogens is 467 g/mol. The van der Waals surface area contributed by atoms with Gasteiger partial charge in [-0.25, -0.2) is 8.42 Å². The minimum absolute atomic E-state index is 0.146. The molecule has 32 heavy (non-hydrogen) atoms. The predicted molar refractivity (Wildman–Crippen MR) is 119 cm³/mol. The quantitative estimate of drug-likeness (QED) is 0.571. The maximum absolute atomic E-state index is 13.1. The Morgan fingerprint density at radius 2 is 1.91 bits per heavy atom. The summed E-state index contributed by atoms with van der Waals surface area (Å²) in [6.45, 7) is 3.60. The molecule has 0 radical (unpaired) electrons. The summed E-state index contributed by atoms with van der Waals surface area (Å²) in [5.41, 5.74) is -0.276. The van der Waals surface area contributed by atoms with Crippen molar-refractivity contribution in [2.75, 3.05) is 15.9 Å². The molecular formula is C20H20F3N3O4S2. The van der Waals surface area contributed by atoms with E-state index in [1.54, 1.807) is 22.8 Å². The Kier molecular flexibility index (Phi) is 6.38. The number of benzene rings is 2. The van der Waals surface area contributed by atoms with Gasteiger partial charge in [0.2, 0.25) is 15.9 Å². The Morgan fingerprint density at radius 1 is 1.22 bits per heavy atom. The van der Waals surface area contributed by atoms with Gasteiger partial charge in [-0.2, -0.15) is 13.2 Å². The molecule has 1 amide bonds. The maximum Gasteiger partial charge on any atom is 0.416 e. The largest absolute Gasteiger partial charge is 0.416 e. The van der Waals surface area contributed by atoms with E-state index < -0.39 is 33.7 Å². The zero-order valence-electron chi connectivity index (χ0n) is 17.3. The molecule has 1 N–H and O–H groups in total. The van der Waals surface area contributed by atoms with Gasteiger partial charge >= 0.3 is 11.0 Å². The number of hydrogen-bond acceptors (Lipinski definition) is 5. The van der Waals surface area contributed by atoms with Gasteiger partial charge in [0.15, 0.2) is 0 Å². The molecule has 0 aliphatic rings. The molecule has 0 aliphatic carbocycles. The number of alkyl halides is 3. The summed E-state index contributed by atoms with van der Waals surface area (Å²) in [7, 11) is -4.09. The van der Waals surface area contributed by atoms with Crippen LogP contribution >= 0.6 is 11.3 Å². The molecule has 1 aromatic heterocycles. The fraction of sp³-hybridized carbons (Fsp3) is 0.300. The minimum Gasteiger partial charge on any atom is -0.324 e. The SMILES string of the molecule is CCn1c(=O)sc2cc(NC(=O)[C@@H](C)N(c3cccc(C(F)(F)F)c3)S(C)(=O)=O)ccc21. The number of rotatable bonds is 6. The molecule has 0 spiro atoms. The lowest BCUT2D eigenvalue weighted by molar-refractivity contribution is -0.137. The number of sulfonamides is 1. The van der Waals surface area contributed by atoms with Crippen LogP contribution in [0, 0.1) is 0 Å². The molecule has 0 saturated heterocycles. The number of anilines is 2. The summed E-state index contributed by atoms with van der Waals surface area (Å²) < 4.78 is 66.9. The Labute approximate surface area is 186 Å². The third kappa shape index (κ3) is 4.80. The van der Waals surface area contributed by atoms with Crippen molar-refractivity contribution in [1.29, 1.82) is 0 Å². The summed E-state index contributed by atoms with van der Waals surface area (Å²) in [6.07, 6.45) is -3.86. The molecule has 1 atom stereocenters. The highest BCUT2D eigenvalue weighted by atomic mass is 32.2. The van der Waals surface area contributed by atoms with Crippen LogP contribution in [-0.4, -0.2) is 31.2 Å². The second kappa shape index (κ2) is 8.58. The first-order valence-corrected chi connectivity index (χ1v) is 12.1. The highest BCUT2D eigenvalue weighted by Gasteiger charge is 2.34. The van der Waals surface area contributed by atoms with Gasteiger partial charge in [-0.1, -0.05) is 17.4 Å². The highest BCUT2D eigenvalue weighted by molar-refractivity contribution is 7.92. The average molecular weight is 488 g/mol. The molecule has 1 heterocycles. The summed E-state index contributed by atoms with van der Waals surface area (Å²) in [5, 5.41) is 2.58.